The number of ketones is 1. The Bertz CT molecular complexity index is 662. The van der Waals surface area contributed by atoms with Gasteiger partial charge in [0.1, 0.15) is 0 Å². The third kappa shape index (κ3) is 3.06. The zero-order valence-corrected chi connectivity index (χ0v) is 16.3. The summed E-state index contributed by atoms with van der Waals surface area (Å²) in [7, 11) is 0. The maximum Gasteiger partial charge on any atom is 0.164 e. The first kappa shape index (κ1) is 17.5. The van der Waals surface area contributed by atoms with E-state index in [1.807, 2.05) is 12.1 Å². The quantitative estimate of drug-likeness (QED) is 0.712. The van der Waals surface area contributed by atoms with Crippen LogP contribution in [0.5, 0.6) is 0 Å². The van der Waals surface area contributed by atoms with Gasteiger partial charge in [-0.15, -0.1) is 0 Å². The van der Waals surface area contributed by atoms with Gasteiger partial charge in [0, 0.05) is 28.5 Å². The summed E-state index contributed by atoms with van der Waals surface area (Å²) < 4.78 is 0. The van der Waals surface area contributed by atoms with Crippen LogP contribution in [0.1, 0.15) is 74.7 Å². The molecule has 0 amide bonds. The van der Waals surface area contributed by atoms with E-state index in [9.17, 15) is 4.79 Å². The first-order valence-corrected chi connectivity index (χ1v) is 10.5. The van der Waals surface area contributed by atoms with Crippen LogP contribution in [-0.2, 0) is 5.41 Å². The van der Waals surface area contributed by atoms with Crippen molar-refractivity contribution in [2.75, 3.05) is 13.1 Å². The van der Waals surface area contributed by atoms with Gasteiger partial charge in [0.2, 0.25) is 0 Å². The van der Waals surface area contributed by atoms with Crippen LogP contribution in [0.4, 0.5) is 0 Å². The van der Waals surface area contributed by atoms with Crippen molar-refractivity contribution in [3.8, 4) is 0 Å². The van der Waals surface area contributed by atoms with Crippen molar-refractivity contribution in [2.45, 2.75) is 70.3 Å². The van der Waals surface area contributed by atoms with Crippen molar-refractivity contribution in [1.29, 1.82) is 0 Å². The first-order valence-electron chi connectivity index (χ1n) is 10.1. The minimum atomic E-state index is 0.0781. The second-order valence-electron chi connectivity index (χ2n) is 8.76. The monoisotopic (exact) mass is 359 g/mol. The number of rotatable bonds is 3. The highest BCUT2D eigenvalue weighted by molar-refractivity contribution is 6.31. The largest absolute Gasteiger partial charge is 0.300 e. The molecule has 1 saturated carbocycles. The van der Waals surface area contributed by atoms with Crippen molar-refractivity contribution in [3.05, 3.63) is 34.3 Å². The topological polar surface area (TPSA) is 20.3 Å². The standard InChI is InChI=1S/C22H30ClNO/c1-3-20(16-5-4-15(2)12-16)24-10-8-22(9-11-24)14-21(25)18-13-17(23)6-7-19(18)22/h6-7,13,15-16,20H,3-5,8-12,14H2,1-2H3/t15-,16+,20+/m0/s1. The Balaban J connectivity index is 1.49. The number of piperidine rings is 1. The molecular formula is C22H30ClNO. The summed E-state index contributed by atoms with van der Waals surface area (Å²) in [5.41, 5.74) is 2.23. The van der Waals surface area contributed by atoms with Crippen LogP contribution in [0.15, 0.2) is 18.2 Å². The number of likely N-dealkylation sites (tertiary alicyclic amines) is 1. The average molecular weight is 360 g/mol. The van der Waals surface area contributed by atoms with Crippen LogP contribution >= 0.6 is 11.6 Å². The number of hydrogen-bond donors (Lipinski definition) is 0. The van der Waals surface area contributed by atoms with Gasteiger partial charge in [-0.1, -0.05) is 37.9 Å². The molecule has 0 radical (unpaired) electrons. The van der Waals surface area contributed by atoms with E-state index in [-0.39, 0.29) is 5.41 Å². The SMILES string of the molecule is CC[C@H]([C@@H]1CC[C@H](C)C1)N1CCC2(CC1)CC(=O)c1cc(Cl)ccc12. The molecule has 2 fully saturated rings. The first-order chi connectivity index (χ1) is 12.0. The fraction of sp³-hybridized carbons (Fsp3) is 0.682. The lowest BCUT2D eigenvalue weighted by molar-refractivity contribution is 0.0734. The van der Waals surface area contributed by atoms with E-state index < -0.39 is 0 Å². The van der Waals surface area contributed by atoms with E-state index in [1.54, 1.807) is 0 Å². The van der Waals surface area contributed by atoms with Crippen molar-refractivity contribution < 1.29 is 4.79 Å². The number of fused-ring (bicyclic) bond motifs is 2. The molecule has 2 nitrogen and oxygen atoms in total. The highest BCUT2D eigenvalue weighted by Crippen LogP contribution is 2.48. The molecule has 1 spiro atoms. The highest BCUT2D eigenvalue weighted by Gasteiger charge is 2.46. The number of benzene rings is 1. The van der Waals surface area contributed by atoms with Gasteiger partial charge in [-0.25, -0.2) is 0 Å². The van der Waals surface area contributed by atoms with Crippen molar-refractivity contribution in [1.82, 2.24) is 4.90 Å². The smallest absolute Gasteiger partial charge is 0.164 e. The van der Waals surface area contributed by atoms with Crippen molar-refractivity contribution >= 4 is 17.4 Å². The molecule has 0 aromatic heterocycles. The lowest BCUT2D eigenvalue weighted by Crippen LogP contribution is -2.48. The van der Waals surface area contributed by atoms with Gasteiger partial charge in [-0.3, -0.25) is 4.79 Å². The Labute approximate surface area is 156 Å². The molecule has 0 unspecified atom stereocenters. The summed E-state index contributed by atoms with van der Waals surface area (Å²) in [5.74, 6) is 2.08. The third-order valence-electron chi connectivity index (χ3n) is 7.27. The Morgan fingerprint density at radius 2 is 2.04 bits per heavy atom. The molecule has 136 valence electrons. The fourth-order valence-corrected chi connectivity index (χ4v) is 6.10. The van der Waals surface area contributed by atoms with Gasteiger partial charge in [0.05, 0.1) is 0 Å². The number of halogens is 1. The predicted molar refractivity (Wildman–Crippen MR) is 103 cm³/mol. The summed E-state index contributed by atoms with van der Waals surface area (Å²) in [5, 5.41) is 0.683. The van der Waals surface area contributed by atoms with Gasteiger partial charge in [-0.2, -0.15) is 0 Å². The maximum absolute atomic E-state index is 12.5. The van der Waals surface area contributed by atoms with Crippen molar-refractivity contribution in [3.63, 3.8) is 0 Å². The van der Waals surface area contributed by atoms with Crippen LogP contribution in [-0.4, -0.2) is 29.8 Å². The van der Waals surface area contributed by atoms with Crippen LogP contribution in [0, 0.1) is 11.8 Å². The molecule has 3 atom stereocenters. The molecule has 1 aliphatic heterocycles. The fourth-order valence-electron chi connectivity index (χ4n) is 5.93. The summed E-state index contributed by atoms with van der Waals surface area (Å²) >= 11 is 6.12. The van der Waals surface area contributed by atoms with E-state index in [1.165, 1.54) is 31.2 Å². The number of nitrogens with zero attached hydrogens (tertiary/aromatic N) is 1. The lowest BCUT2D eigenvalue weighted by Gasteiger charge is -2.44. The lowest BCUT2D eigenvalue weighted by atomic mass is 9.73. The number of hydrogen-bond acceptors (Lipinski definition) is 2. The molecule has 3 heteroatoms. The van der Waals surface area contributed by atoms with Crippen molar-refractivity contribution in [2.24, 2.45) is 11.8 Å². The van der Waals surface area contributed by atoms with E-state index in [0.717, 1.165) is 49.4 Å². The molecule has 1 aromatic carbocycles. The predicted octanol–water partition coefficient (Wildman–Crippen LogP) is 5.47. The summed E-state index contributed by atoms with van der Waals surface area (Å²) in [6.07, 6.45) is 8.39. The molecule has 4 rings (SSSR count). The van der Waals surface area contributed by atoms with Gasteiger partial charge in [-0.05, 0) is 74.7 Å². The van der Waals surface area contributed by atoms with E-state index in [4.69, 9.17) is 11.6 Å². The third-order valence-corrected chi connectivity index (χ3v) is 7.51. The number of carbonyl (C=O) groups excluding carboxylic acids is 1. The van der Waals surface area contributed by atoms with E-state index >= 15 is 0 Å². The average Bonchev–Trinajstić information content (AvgIpc) is 3.13. The Kier molecular flexibility index (Phi) is 4.70. The minimum absolute atomic E-state index is 0.0781. The minimum Gasteiger partial charge on any atom is -0.300 e. The molecule has 0 bridgehead atoms. The van der Waals surface area contributed by atoms with Gasteiger partial charge in [0.25, 0.3) is 0 Å². The number of carbonyl (C=O) groups is 1. The van der Waals surface area contributed by atoms with Gasteiger partial charge in [0.15, 0.2) is 5.78 Å². The zero-order valence-electron chi connectivity index (χ0n) is 15.6. The maximum atomic E-state index is 12.5. The zero-order chi connectivity index (χ0) is 17.6. The number of Topliss-reactive ketones (excluding diaryl/α,β-unsaturated/α-hetero) is 1. The summed E-state index contributed by atoms with van der Waals surface area (Å²) in [6, 6.07) is 6.70. The molecule has 3 aliphatic rings. The normalized spacial score (nSPS) is 30.0. The van der Waals surface area contributed by atoms with Crippen LogP contribution in [0.3, 0.4) is 0 Å². The molecule has 0 N–H and O–H groups in total. The highest BCUT2D eigenvalue weighted by atomic mass is 35.5. The van der Waals surface area contributed by atoms with Crippen LogP contribution < -0.4 is 0 Å². The van der Waals surface area contributed by atoms with Crippen LogP contribution in [0.2, 0.25) is 5.02 Å². The second-order valence-corrected chi connectivity index (χ2v) is 9.20. The molecular weight excluding hydrogens is 330 g/mol. The van der Waals surface area contributed by atoms with Crippen LogP contribution in [0.25, 0.3) is 0 Å². The molecule has 1 heterocycles. The van der Waals surface area contributed by atoms with Gasteiger partial charge < -0.3 is 4.90 Å². The van der Waals surface area contributed by atoms with E-state index in [0.29, 0.717) is 17.2 Å². The molecule has 1 saturated heterocycles. The van der Waals surface area contributed by atoms with E-state index in [2.05, 4.69) is 24.8 Å². The second kappa shape index (κ2) is 6.70. The summed E-state index contributed by atoms with van der Waals surface area (Å²) in [4.78, 5) is 15.3. The Morgan fingerprint density at radius 1 is 1.28 bits per heavy atom. The summed E-state index contributed by atoms with van der Waals surface area (Å²) in [6.45, 7) is 7.04. The Morgan fingerprint density at radius 3 is 2.68 bits per heavy atom. The molecule has 2 aliphatic carbocycles. The van der Waals surface area contributed by atoms with Gasteiger partial charge >= 0.3 is 0 Å². The molecule has 25 heavy (non-hydrogen) atoms. The Hall–Kier alpha value is -0.860. The molecule has 1 aromatic rings.